The van der Waals surface area contributed by atoms with Crippen molar-refractivity contribution >= 4 is 34.1 Å². The molecule has 4 rings (SSSR count). The van der Waals surface area contributed by atoms with E-state index in [9.17, 15) is 0 Å². The van der Waals surface area contributed by atoms with E-state index in [1.165, 1.54) is 41.5 Å². The highest BCUT2D eigenvalue weighted by molar-refractivity contribution is 6.35. The molecule has 0 bridgehead atoms. The first-order valence-corrected chi connectivity index (χ1v) is 11.3. The van der Waals surface area contributed by atoms with Gasteiger partial charge in [-0.2, -0.15) is 0 Å². The molecule has 0 spiro atoms. The topological polar surface area (TPSA) is 20.2 Å². The first-order valence-electron chi connectivity index (χ1n) is 10.5. The minimum absolute atomic E-state index is 0.668. The summed E-state index contributed by atoms with van der Waals surface area (Å²) in [6.45, 7) is 9.55. The number of hydrogen-bond acceptors (Lipinski definition) is 2. The summed E-state index contributed by atoms with van der Waals surface area (Å²) in [5.41, 5.74) is 5.02. The molecule has 0 amide bonds. The Morgan fingerprint density at radius 2 is 1.97 bits per heavy atom. The van der Waals surface area contributed by atoms with Crippen LogP contribution in [0.15, 0.2) is 42.5 Å². The Morgan fingerprint density at radius 3 is 2.76 bits per heavy atom. The highest BCUT2D eigenvalue weighted by Gasteiger charge is 2.22. The minimum atomic E-state index is 0.668. The van der Waals surface area contributed by atoms with Crippen molar-refractivity contribution in [1.29, 1.82) is 0 Å². The van der Waals surface area contributed by atoms with Crippen LogP contribution >= 0.6 is 23.2 Å². The lowest BCUT2D eigenvalue weighted by Gasteiger charge is -2.23. The molecule has 1 saturated heterocycles. The molecule has 0 aliphatic carbocycles. The summed E-state index contributed by atoms with van der Waals surface area (Å²) in [4.78, 5) is 2.59. The smallest absolute Gasteiger partial charge is 0.0493 e. The lowest BCUT2D eigenvalue weighted by atomic mass is 10.1. The van der Waals surface area contributed by atoms with Crippen LogP contribution in [0.4, 0.5) is 0 Å². The van der Waals surface area contributed by atoms with Gasteiger partial charge >= 0.3 is 0 Å². The molecule has 1 fully saturated rings. The highest BCUT2D eigenvalue weighted by atomic mass is 35.5. The maximum atomic E-state index is 6.46. The number of nitrogens with one attached hydrogen (secondary N) is 1. The van der Waals surface area contributed by atoms with Gasteiger partial charge < -0.3 is 9.88 Å². The Labute approximate surface area is 183 Å². The predicted molar refractivity (Wildman–Crippen MR) is 124 cm³/mol. The van der Waals surface area contributed by atoms with E-state index in [4.69, 9.17) is 23.2 Å². The first kappa shape index (κ1) is 20.7. The summed E-state index contributed by atoms with van der Waals surface area (Å²) in [7, 11) is 0. The molecule has 154 valence electrons. The van der Waals surface area contributed by atoms with E-state index in [1.54, 1.807) is 0 Å². The largest absolute Gasteiger partial charge is 0.340 e. The Kier molecular flexibility index (Phi) is 6.50. The second-order valence-electron chi connectivity index (χ2n) is 7.96. The van der Waals surface area contributed by atoms with Crippen molar-refractivity contribution in [1.82, 2.24) is 14.8 Å². The van der Waals surface area contributed by atoms with Gasteiger partial charge in [-0.3, -0.25) is 4.90 Å². The molecule has 1 unspecified atom stereocenters. The number of nitrogens with zero attached hydrogens (tertiary/aromatic N) is 2. The number of para-hydroxylation sites is 1. The molecule has 0 saturated carbocycles. The molecule has 2 aromatic carbocycles. The van der Waals surface area contributed by atoms with Crippen molar-refractivity contribution in [3.05, 3.63) is 69.3 Å². The Bertz CT molecular complexity index is 995. The highest BCUT2D eigenvalue weighted by Crippen LogP contribution is 2.29. The van der Waals surface area contributed by atoms with Crippen molar-refractivity contribution < 1.29 is 0 Å². The number of benzene rings is 2. The maximum absolute atomic E-state index is 6.46. The summed E-state index contributed by atoms with van der Waals surface area (Å²) in [5, 5.41) is 6.45. The molecular formula is C24H29Cl2N3. The van der Waals surface area contributed by atoms with E-state index in [1.807, 2.05) is 18.2 Å². The van der Waals surface area contributed by atoms with Gasteiger partial charge in [0.1, 0.15) is 0 Å². The number of halogens is 2. The van der Waals surface area contributed by atoms with E-state index in [2.05, 4.69) is 52.9 Å². The second-order valence-corrected chi connectivity index (χ2v) is 8.80. The van der Waals surface area contributed by atoms with Gasteiger partial charge in [-0.1, -0.05) is 54.4 Å². The van der Waals surface area contributed by atoms with E-state index in [0.29, 0.717) is 11.1 Å². The predicted octanol–water partition coefficient (Wildman–Crippen LogP) is 5.88. The number of aromatic nitrogens is 1. The Hall–Kier alpha value is -1.52. The van der Waals surface area contributed by atoms with Crippen molar-refractivity contribution in [2.24, 2.45) is 0 Å². The van der Waals surface area contributed by atoms with Crippen LogP contribution in [0.25, 0.3) is 10.9 Å². The van der Waals surface area contributed by atoms with Crippen molar-refractivity contribution in [2.45, 2.75) is 45.8 Å². The van der Waals surface area contributed by atoms with Crippen LogP contribution in [0.2, 0.25) is 10.0 Å². The zero-order valence-corrected chi connectivity index (χ0v) is 18.7. The average molecular weight is 430 g/mol. The van der Waals surface area contributed by atoms with Gasteiger partial charge in [0.05, 0.1) is 0 Å². The fourth-order valence-corrected chi connectivity index (χ4v) is 5.12. The summed E-state index contributed by atoms with van der Waals surface area (Å²) in [6, 6.07) is 15.1. The summed E-state index contributed by atoms with van der Waals surface area (Å²) in [5.74, 6) is 0. The normalized spacial score (nSPS) is 17.4. The van der Waals surface area contributed by atoms with Crippen LogP contribution < -0.4 is 5.32 Å². The molecule has 1 aliphatic heterocycles. The number of likely N-dealkylation sites (N-methyl/N-ethyl adjacent to an activating group) is 1. The molecule has 29 heavy (non-hydrogen) atoms. The minimum Gasteiger partial charge on any atom is -0.340 e. The van der Waals surface area contributed by atoms with Gasteiger partial charge in [0.2, 0.25) is 0 Å². The number of hydrogen-bond donors (Lipinski definition) is 1. The summed E-state index contributed by atoms with van der Waals surface area (Å²) >= 11 is 12.5. The van der Waals surface area contributed by atoms with Crippen LogP contribution in [-0.2, 0) is 13.1 Å². The number of fused-ring (bicyclic) bond motifs is 1. The van der Waals surface area contributed by atoms with Crippen LogP contribution in [0.5, 0.6) is 0 Å². The molecule has 3 nitrogen and oxygen atoms in total. The van der Waals surface area contributed by atoms with E-state index >= 15 is 0 Å². The third kappa shape index (κ3) is 4.34. The quantitative estimate of drug-likeness (QED) is 0.505. The lowest BCUT2D eigenvalue weighted by Crippen LogP contribution is -2.37. The molecule has 0 radical (unpaired) electrons. The van der Waals surface area contributed by atoms with E-state index in [-0.39, 0.29) is 0 Å². The Morgan fingerprint density at radius 1 is 1.14 bits per heavy atom. The average Bonchev–Trinajstić information content (AvgIpc) is 3.27. The molecule has 3 aromatic rings. The van der Waals surface area contributed by atoms with Gasteiger partial charge in [-0.05, 0) is 62.2 Å². The van der Waals surface area contributed by atoms with Gasteiger partial charge in [0.15, 0.2) is 0 Å². The molecule has 5 heteroatoms. The molecule has 1 aliphatic rings. The lowest BCUT2D eigenvalue weighted by molar-refractivity contribution is 0.260. The van der Waals surface area contributed by atoms with E-state index in [0.717, 1.165) is 36.8 Å². The van der Waals surface area contributed by atoms with Crippen LogP contribution in [-0.4, -0.2) is 35.1 Å². The third-order valence-electron chi connectivity index (χ3n) is 6.29. The van der Waals surface area contributed by atoms with E-state index < -0.39 is 0 Å². The number of rotatable bonds is 7. The van der Waals surface area contributed by atoms with Crippen LogP contribution in [0, 0.1) is 6.92 Å². The Balaban J connectivity index is 1.57. The zero-order valence-electron chi connectivity index (χ0n) is 17.2. The standard InChI is InChI=1S/C24H29Cl2N3/c1-3-28-12-6-7-20(28)14-27-15-22-17(2)29(24-9-5-4-8-21(22)24)16-18-10-11-19(25)13-23(18)26/h4-5,8-11,13,20,27H,3,6-7,12,14-16H2,1-2H3. The molecule has 1 N–H and O–H groups in total. The van der Waals surface area contributed by atoms with Crippen molar-refractivity contribution in [3.8, 4) is 0 Å². The first-order chi connectivity index (χ1) is 14.1. The van der Waals surface area contributed by atoms with Gasteiger partial charge in [-0.25, -0.2) is 0 Å². The number of likely N-dealkylation sites (tertiary alicyclic amines) is 1. The fraction of sp³-hybridized carbons (Fsp3) is 0.417. The monoisotopic (exact) mass is 429 g/mol. The molecular weight excluding hydrogens is 401 g/mol. The third-order valence-corrected chi connectivity index (χ3v) is 6.88. The van der Waals surface area contributed by atoms with Crippen LogP contribution in [0.3, 0.4) is 0 Å². The van der Waals surface area contributed by atoms with Gasteiger partial charge in [0.25, 0.3) is 0 Å². The second kappa shape index (κ2) is 9.09. The summed E-state index contributed by atoms with van der Waals surface area (Å²) < 4.78 is 2.37. The van der Waals surface area contributed by atoms with Gasteiger partial charge in [0, 0.05) is 52.3 Å². The van der Waals surface area contributed by atoms with Crippen molar-refractivity contribution in [3.63, 3.8) is 0 Å². The fourth-order valence-electron chi connectivity index (χ4n) is 4.66. The van der Waals surface area contributed by atoms with Crippen molar-refractivity contribution in [2.75, 3.05) is 19.6 Å². The summed E-state index contributed by atoms with van der Waals surface area (Å²) in [6.07, 6.45) is 2.62. The van der Waals surface area contributed by atoms with Crippen LogP contribution in [0.1, 0.15) is 36.6 Å². The molecule has 2 heterocycles. The SMILES string of the molecule is CCN1CCCC1CNCc1c(C)n(Cc2ccc(Cl)cc2Cl)c2ccccc12. The maximum Gasteiger partial charge on any atom is 0.0493 e. The molecule has 1 aromatic heterocycles. The van der Waals surface area contributed by atoms with Gasteiger partial charge in [-0.15, -0.1) is 0 Å². The zero-order chi connectivity index (χ0) is 20.4. The molecule has 1 atom stereocenters.